The van der Waals surface area contributed by atoms with Crippen LogP contribution in [0.5, 0.6) is 0 Å². The van der Waals surface area contributed by atoms with Gasteiger partial charge in [-0.2, -0.15) is 0 Å². The van der Waals surface area contributed by atoms with Gasteiger partial charge >= 0.3 is 0 Å². The summed E-state index contributed by atoms with van der Waals surface area (Å²) in [5.74, 6) is 0. The molecule has 0 spiro atoms. The molecule has 1 aliphatic rings. The topological polar surface area (TPSA) is 24.9 Å². The van der Waals surface area contributed by atoms with Crippen LogP contribution >= 0.6 is 0 Å². The Morgan fingerprint density at radius 3 is 3.00 bits per heavy atom. The molecule has 0 atom stereocenters. The van der Waals surface area contributed by atoms with Crippen LogP contribution in [0.15, 0.2) is 60.5 Å². The second-order valence-electron chi connectivity index (χ2n) is 5.42. The van der Waals surface area contributed by atoms with Gasteiger partial charge in [-0.25, -0.2) is 0 Å². The maximum absolute atomic E-state index is 4.47. The van der Waals surface area contributed by atoms with Crippen LogP contribution in [0.3, 0.4) is 0 Å². The molecular formula is C19H20N2. The number of aromatic nitrogens is 1. The summed E-state index contributed by atoms with van der Waals surface area (Å²) in [6, 6.07) is 8.27. The second kappa shape index (κ2) is 5.57. The summed E-state index contributed by atoms with van der Waals surface area (Å²) in [5, 5.41) is 4.50. The molecule has 0 bridgehead atoms. The average Bonchev–Trinajstić information content (AvgIpc) is 3.24. The van der Waals surface area contributed by atoms with Crippen molar-refractivity contribution in [1.82, 2.24) is 10.3 Å². The van der Waals surface area contributed by atoms with Crippen molar-refractivity contribution in [2.45, 2.75) is 26.7 Å². The first-order valence-electron chi connectivity index (χ1n) is 7.39. The molecule has 106 valence electrons. The van der Waals surface area contributed by atoms with Crippen LogP contribution < -0.4 is 5.32 Å². The van der Waals surface area contributed by atoms with Gasteiger partial charge in [0.15, 0.2) is 0 Å². The minimum atomic E-state index is 0.926. The van der Waals surface area contributed by atoms with Crippen molar-refractivity contribution < 1.29 is 0 Å². The van der Waals surface area contributed by atoms with E-state index in [4.69, 9.17) is 0 Å². The lowest BCUT2D eigenvalue weighted by atomic mass is 10.0. The zero-order valence-electron chi connectivity index (χ0n) is 12.6. The fourth-order valence-electron chi connectivity index (χ4n) is 2.62. The lowest BCUT2D eigenvalue weighted by molar-refractivity contribution is 1.20. The first kappa shape index (κ1) is 13.6. The Balaban J connectivity index is 1.82. The third-order valence-electron chi connectivity index (χ3n) is 3.89. The maximum atomic E-state index is 4.47. The Morgan fingerprint density at radius 1 is 1.33 bits per heavy atom. The summed E-state index contributed by atoms with van der Waals surface area (Å²) in [7, 11) is 0. The van der Waals surface area contributed by atoms with Crippen LogP contribution in [0.1, 0.15) is 30.9 Å². The molecule has 2 nitrogen and oxygen atoms in total. The van der Waals surface area contributed by atoms with Crippen molar-refractivity contribution in [3.8, 4) is 0 Å². The number of allylic oxidation sites excluding steroid dienone is 3. The van der Waals surface area contributed by atoms with Gasteiger partial charge < -0.3 is 5.32 Å². The fraction of sp³-hybridized carbons (Fsp3) is 0.211. The molecule has 0 radical (unpaired) electrons. The van der Waals surface area contributed by atoms with Crippen molar-refractivity contribution in [3.05, 3.63) is 71.6 Å². The number of nitrogens with one attached hydrogen (secondary N) is 1. The highest BCUT2D eigenvalue weighted by Gasteiger charge is 2.19. The SMILES string of the molecule is C=C(N/C=C1\C\C1=C\CC)c1ccc2cccnc2c1C. The number of rotatable bonds is 4. The van der Waals surface area contributed by atoms with E-state index in [2.05, 4.69) is 61.2 Å². The van der Waals surface area contributed by atoms with Gasteiger partial charge in [0.05, 0.1) is 5.52 Å². The standard InChI is InChI=1S/C19H20N2/c1-4-6-16-11-17(16)12-21-14(3)18-9-8-15-7-5-10-20-19(15)13(18)2/h5-10,12,21H,3-4,11H2,1-2H3/b16-6-,17-12+. The molecule has 21 heavy (non-hydrogen) atoms. The van der Waals surface area contributed by atoms with E-state index < -0.39 is 0 Å². The van der Waals surface area contributed by atoms with Crippen molar-refractivity contribution in [1.29, 1.82) is 0 Å². The molecule has 1 aliphatic carbocycles. The first-order chi connectivity index (χ1) is 10.2. The summed E-state index contributed by atoms with van der Waals surface area (Å²) in [6.45, 7) is 8.43. The predicted molar refractivity (Wildman–Crippen MR) is 89.7 cm³/mol. The van der Waals surface area contributed by atoms with Crippen molar-refractivity contribution in [2.75, 3.05) is 0 Å². The molecular weight excluding hydrogens is 256 g/mol. The van der Waals surface area contributed by atoms with E-state index in [1.807, 2.05) is 12.3 Å². The van der Waals surface area contributed by atoms with Crippen LogP contribution in [-0.2, 0) is 0 Å². The van der Waals surface area contributed by atoms with Crippen LogP contribution in [0.4, 0.5) is 0 Å². The fourth-order valence-corrected chi connectivity index (χ4v) is 2.62. The van der Waals surface area contributed by atoms with Crippen molar-refractivity contribution in [2.24, 2.45) is 0 Å². The van der Waals surface area contributed by atoms with Gasteiger partial charge in [0.25, 0.3) is 0 Å². The normalized spacial score (nSPS) is 17.4. The number of aryl methyl sites for hydroxylation is 1. The van der Waals surface area contributed by atoms with Gasteiger partial charge in [0.1, 0.15) is 0 Å². The van der Waals surface area contributed by atoms with Crippen LogP contribution in [-0.4, -0.2) is 4.98 Å². The largest absolute Gasteiger partial charge is 0.361 e. The molecule has 3 rings (SSSR count). The number of fused-ring (bicyclic) bond motifs is 1. The minimum absolute atomic E-state index is 0.926. The maximum Gasteiger partial charge on any atom is 0.0737 e. The van der Waals surface area contributed by atoms with Crippen LogP contribution in [0.25, 0.3) is 16.6 Å². The molecule has 1 N–H and O–H groups in total. The minimum Gasteiger partial charge on any atom is -0.361 e. The number of hydrogen-bond donors (Lipinski definition) is 1. The molecule has 0 amide bonds. The summed E-state index contributed by atoms with van der Waals surface area (Å²) < 4.78 is 0. The molecule has 1 aromatic heterocycles. The number of benzene rings is 1. The lowest BCUT2D eigenvalue weighted by Crippen LogP contribution is -2.04. The zero-order chi connectivity index (χ0) is 14.8. The smallest absolute Gasteiger partial charge is 0.0737 e. The highest BCUT2D eigenvalue weighted by molar-refractivity contribution is 5.86. The van der Waals surface area contributed by atoms with Gasteiger partial charge in [-0.15, -0.1) is 0 Å². The van der Waals surface area contributed by atoms with E-state index in [0.717, 1.165) is 29.6 Å². The van der Waals surface area contributed by atoms with Gasteiger partial charge in [0, 0.05) is 29.0 Å². The molecule has 1 fully saturated rings. The molecule has 1 aromatic carbocycles. The summed E-state index contributed by atoms with van der Waals surface area (Å²) in [4.78, 5) is 4.47. The van der Waals surface area contributed by atoms with Gasteiger partial charge in [-0.3, -0.25) is 4.98 Å². The molecule has 0 saturated heterocycles. The molecule has 1 saturated carbocycles. The van der Waals surface area contributed by atoms with Gasteiger partial charge in [-0.1, -0.05) is 37.8 Å². The van der Waals surface area contributed by atoms with E-state index in [1.54, 1.807) is 0 Å². The van der Waals surface area contributed by atoms with E-state index in [1.165, 1.54) is 22.1 Å². The number of hydrogen-bond acceptors (Lipinski definition) is 2. The average molecular weight is 276 g/mol. The monoisotopic (exact) mass is 276 g/mol. The van der Waals surface area contributed by atoms with E-state index in [-0.39, 0.29) is 0 Å². The van der Waals surface area contributed by atoms with Crippen molar-refractivity contribution in [3.63, 3.8) is 0 Å². The van der Waals surface area contributed by atoms with Gasteiger partial charge in [0.2, 0.25) is 0 Å². The summed E-state index contributed by atoms with van der Waals surface area (Å²) in [6.07, 6.45) is 8.39. The molecule has 2 heteroatoms. The summed E-state index contributed by atoms with van der Waals surface area (Å²) in [5.41, 5.74) is 7.10. The highest BCUT2D eigenvalue weighted by Crippen LogP contribution is 2.36. The first-order valence-corrected chi connectivity index (χ1v) is 7.39. The number of pyridine rings is 1. The number of nitrogens with zero attached hydrogens (tertiary/aromatic N) is 1. The third-order valence-corrected chi connectivity index (χ3v) is 3.89. The van der Waals surface area contributed by atoms with E-state index >= 15 is 0 Å². The zero-order valence-corrected chi connectivity index (χ0v) is 12.6. The molecule has 2 aromatic rings. The van der Waals surface area contributed by atoms with Crippen LogP contribution in [0.2, 0.25) is 0 Å². The van der Waals surface area contributed by atoms with E-state index in [9.17, 15) is 0 Å². The third kappa shape index (κ3) is 2.75. The van der Waals surface area contributed by atoms with Crippen molar-refractivity contribution >= 4 is 16.6 Å². The Hall–Kier alpha value is -2.35. The quantitative estimate of drug-likeness (QED) is 0.873. The highest BCUT2D eigenvalue weighted by atomic mass is 14.9. The Kier molecular flexibility index (Phi) is 3.61. The molecule has 1 heterocycles. The Bertz CT molecular complexity index is 766. The van der Waals surface area contributed by atoms with Gasteiger partial charge in [-0.05, 0) is 42.5 Å². The molecule has 0 unspecified atom stereocenters. The Morgan fingerprint density at radius 2 is 2.19 bits per heavy atom. The van der Waals surface area contributed by atoms with E-state index in [0.29, 0.717) is 0 Å². The summed E-state index contributed by atoms with van der Waals surface area (Å²) >= 11 is 0. The molecule has 0 aliphatic heterocycles. The predicted octanol–water partition coefficient (Wildman–Crippen LogP) is 4.73. The Labute approximate surface area is 125 Å². The van der Waals surface area contributed by atoms with Crippen LogP contribution in [0, 0.1) is 6.92 Å². The second-order valence-corrected chi connectivity index (χ2v) is 5.42. The lowest BCUT2D eigenvalue weighted by Gasteiger charge is -2.11.